The Kier molecular flexibility index (Phi) is 6.80. The highest BCUT2D eigenvalue weighted by molar-refractivity contribution is 5.76. The van der Waals surface area contributed by atoms with Crippen molar-refractivity contribution in [2.45, 2.75) is 54.4 Å². The number of fused-ring (bicyclic) bond motifs is 1. The summed E-state index contributed by atoms with van der Waals surface area (Å²) in [6, 6.07) is 8.70. The maximum absolute atomic E-state index is 2.28. The lowest BCUT2D eigenvalue weighted by Gasteiger charge is -2.05. The van der Waals surface area contributed by atoms with E-state index in [1.54, 1.807) is 0 Å². The molecule has 0 saturated carbocycles. The zero-order valence-corrected chi connectivity index (χ0v) is 11.9. The summed E-state index contributed by atoms with van der Waals surface area (Å²) >= 11 is 0. The first-order valence-corrected chi connectivity index (χ1v) is 6.48. The average Bonchev–Trinajstić information content (AvgIpc) is 2.60. The Morgan fingerprint density at radius 2 is 1.38 bits per heavy atom. The van der Waals surface area contributed by atoms with Crippen LogP contribution in [0, 0.1) is 0 Å². The van der Waals surface area contributed by atoms with Crippen LogP contribution in [-0.4, -0.2) is 0 Å². The smallest absolute Gasteiger partial charge is 0.00290 e. The number of hydrogen-bond donors (Lipinski definition) is 0. The third-order valence-electron chi connectivity index (χ3n) is 3.07. The average molecular weight is 218 g/mol. The summed E-state index contributed by atoms with van der Waals surface area (Å²) in [6.07, 6.45) is 0. The monoisotopic (exact) mass is 218 g/mol. The third kappa shape index (κ3) is 2.75. The lowest BCUT2D eigenvalue weighted by atomic mass is 9.99. The van der Waals surface area contributed by atoms with E-state index in [9.17, 15) is 0 Å². The van der Waals surface area contributed by atoms with Crippen LogP contribution in [0.5, 0.6) is 0 Å². The van der Waals surface area contributed by atoms with Gasteiger partial charge in [0.25, 0.3) is 0 Å². The van der Waals surface area contributed by atoms with Crippen molar-refractivity contribution in [1.29, 1.82) is 0 Å². The van der Waals surface area contributed by atoms with Crippen LogP contribution < -0.4 is 0 Å². The van der Waals surface area contributed by atoms with E-state index in [-0.39, 0.29) is 0 Å². The summed E-state index contributed by atoms with van der Waals surface area (Å²) < 4.78 is 0. The molecule has 0 N–H and O–H groups in total. The summed E-state index contributed by atoms with van der Waals surface area (Å²) in [7, 11) is 0. The molecule has 1 aliphatic carbocycles. The van der Waals surface area contributed by atoms with Gasteiger partial charge in [-0.05, 0) is 30.5 Å². The fourth-order valence-electron chi connectivity index (χ4n) is 1.99. The van der Waals surface area contributed by atoms with E-state index >= 15 is 0 Å². The molecule has 0 aromatic heterocycles. The number of benzene rings is 1. The second-order valence-electron chi connectivity index (χ2n) is 3.62. The van der Waals surface area contributed by atoms with E-state index in [1.807, 2.05) is 27.7 Å². The molecule has 0 aliphatic heterocycles. The highest BCUT2D eigenvalue weighted by Crippen LogP contribution is 2.40. The van der Waals surface area contributed by atoms with Crippen molar-refractivity contribution in [2.24, 2.45) is 0 Å². The minimum atomic E-state index is 0.626. The summed E-state index contributed by atoms with van der Waals surface area (Å²) in [6.45, 7) is 14.7. The summed E-state index contributed by atoms with van der Waals surface area (Å²) in [5.74, 6) is 0.626. The lowest BCUT2D eigenvalue weighted by Crippen LogP contribution is -1.88. The van der Waals surface area contributed by atoms with Gasteiger partial charge in [-0.2, -0.15) is 0 Å². The first kappa shape index (κ1) is 15.0. The maximum Gasteiger partial charge on any atom is 0.00290 e. The topological polar surface area (TPSA) is 0 Å². The Balaban J connectivity index is 0.000000509. The molecule has 0 saturated heterocycles. The number of hydrogen-bond acceptors (Lipinski definition) is 0. The molecule has 0 spiro atoms. The molecule has 2 rings (SSSR count). The van der Waals surface area contributed by atoms with Gasteiger partial charge < -0.3 is 0 Å². The Labute approximate surface area is 101 Å². The second kappa shape index (κ2) is 7.27. The number of allylic oxidation sites excluding steroid dienone is 2. The summed E-state index contributed by atoms with van der Waals surface area (Å²) in [4.78, 5) is 0. The molecule has 0 bridgehead atoms. The van der Waals surface area contributed by atoms with Gasteiger partial charge in [0.1, 0.15) is 0 Å². The molecule has 1 unspecified atom stereocenters. The standard InChI is InChI=1S/C12H14.2C2H6/c1-8-9(2)11-6-4-5-7-12(11)10(8)3;2*1-2/h4-7,9H,1-3H3;2*1-2H3. The van der Waals surface area contributed by atoms with Crippen LogP contribution in [-0.2, 0) is 0 Å². The minimum absolute atomic E-state index is 0.626. The van der Waals surface area contributed by atoms with Gasteiger partial charge in [-0.1, -0.05) is 64.5 Å². The predicted octanol–water partition coefficient (Wildman–Crippen LogP) is 5.65. The van der Waals surface area contributed by atoms with Crippen molar-refractivity contribution in [3.05, 3.63) is 41.0 Å². The van der Waals surface area contributed by atoms with E-state index < -0.39 is 0 Å². The molecule has 0 amide bonds. The Morgan fingerprint density at radius 1 is 0.875 bits per heavy atom. The predicted molar refractivity (Wildman–Crippen MR) is 75.8 cm³/mol. The normalized spacial score (nSPS) is 16.8. The minimum Gasteiger partial charge on any atom is -0.0683 e. The molecular weight excluding hydrogens is 192 g/mol. The molecule has 1 aliphatic rings. The van der Waals surface area contributed by atoms with Gasteiger partial charge in [-0.3, -0.25) is 0 Å². The van der Waals surface area contributed by atoms with E-state index in [0.29, 0.717) is 5.92 Å². The highest BCUT2D eigenvalue weighted by Gasteiger charge is 2.21. The zero-order valence-electron chi connectivity index (χ0n) is 11.9. The van der Waals surface area contributed by atoms with Gasteiger partial charge in [-0.15, -0.1) is 0 Å². The first-order valence-electron chi connectivity index (χ1n) is 6.48. The maximum atomic E-state index is 2.28. The van der Waals surface area contributed by atoms with Gasteiger partial charge in [0.15, 0.2) is 0 Å². The molecule has 0 radical (unpaired) electrons. The lowest BCUT2D eigenvalue weighted by molar-refractivity contribution is 0.920. The number of rotatable bonds is 0. The fraction of sp³-hybridized carbons (Fsp3) is 0.500. The third-order valence-corrected chi connectivity index (χ3v) is 3.07. The van der Waals surface area contributed by atoms with Gasteiger partial charge in [0, 0.05) is 5.92 Å². The SMILES string of the molecule is CC.CC.CC1=C(C)C(C)c2ccccc21. The highest BCUT2D eigenvalue weighted by atomic mass is 14.3. The zero-order chi connectivity index (χ0) is 12.7. The molecule has 0 fully saturated rings. The van der Waals surface area contributed by atoms with E-state index in [2.05, 4.69) is 45.0 Å². The summed E-state index contributed by atoms with van der Waals surface area (Å²) in [5.41, 5.74) is 5.93. The van der Waals surface area contributed by atoms with Crippen molar-refractivity contribution in [1.82, 2.24) is 0 Å². The quantitative estimate of drug-likeness (QED) is 0.528. The second-order valence-corrected chi connectivity index (χ2v) is 3.62. The van der Waals surface area contributed by atoms with Crippen molar-refractivity contribution >= 4 is 5.57 Å². The van der Waals surface area contributed by atoms with Crippen molar-refractivity contribution in [3.63, 3.8) is 0 Å². The van der Waals surface area contributed by atoms with Crippen LogP contribution in [0.4, 0.5) is 0 Å². The largest absolute Gasteiger partial charge is 0.0683 e. The van der Waals surface area contributed by atoms with Crippen LogP contribution >= 0.6 is 0 Å². The Hall–Kier alpha value is -1.04. The van der Waals surface area contributed by atoms with Gasteiger partial charge in [0.2, 0.25) is 0 Å². The van der Waals surface area contributed by atoms with Crippen molar-refractivity contribution in [3.8, 4) is 0 Å². The van der Waals surface area contributed by atoms with Crippen molar-refractivity contribution in [2.75, 3.05) is 0 Å². The van der Waals surface area contributed by atoms with E-state index in [0.717, 1.165) is 0 Å². The van der Waals surface area contributed by atoms with Crippen molar-refractivity contribution < 1.29 is 0 Å². The molecule has 1 aromatic rings. The van der Waals surface area contributed by atoms with Crippen LogP contribution in [0.25, 0.3) is 5.57 Å². The molecule has 0 nitrogen and oxygen atoms in total. The van der Waals surface area contributed by atoms with Gasteiger partial charge in [0.05, 0.1) is 0 Å². The molecule has 16 heavy (non-hydrogen) atoms. The molecule has 0 heterocycles. The summed E-state index contributed by atoms with van der Waals surface area (Å²) in [5, 5.41) is 0. The molecular formula is C16H26. The fourth-order valence-corrected chi connectivity index (χ4v) is 1.99. The molecule has 90 valence electrons. The van der Waals surface area contributed by atoms with E-state index in [1.165, 1.54) is 22.3 Å². The van der Waals surface area contributed by atoms with Crippen LogP contribution in [0.3, 0.4) is 0 Å². The molecule has 0 heteroatoms. The van der Waals surface area contributed by atoms with Gasteiger partial charge >= 0.3 is 0 Å². The molecule has 1 aromatic carbocycles. The van der Waals surface area contributed by atoms with Gasteiger partial charge in [-0.25, -0.2) is 0 Å². The first-order chi connectivity index (χ1) is 7.72. The molecule has 1 atom stereocenters. The Morgan fingerprint density at radius 3 is 1.88 bits per heavy atom. The van der Waals surface area contributed by atoms with E-state index in [4.69, 9.17) is 0 Å². The van der Waals surface area contributed by atoms with Crippen LogP contribution in [0.1, 0.15) is 65.5 Å². The van der Waals surface area contributed by atoms with Crippen LogP contribution in [0.2, 0.25) is 0 Å². The Bertz CT molecular complexity index is 345. The van der Waals surface area contributed by atoms with Crippen LogP contribution in [0.15, 0.2) is 29.8 Å².